The molecule has 0 aliphatic carbocycles. The molecule has 0 heterocycles. The van der Waals surface area contributed by atoms with Crippen LogP contribution in [-0.2, 0) is 4.79 Å². The highest BCUT2D eigenvalue weighted by atomic mass is 35.5. The average Bonchev–Trinajstić information content (AvgIpc) is 2.37. The lowest BCUT2D eigenvalue weighted by atomic mass is 9.93. The monoisotopic (exact) mass is 283 g/mol. The number of hydrogen-bond acceptors (Lipinski definition) is 3. The Morgan fingerprint density at radius 3 is 2.32 bits per heavy atom. The summed E-state index contributed by atoms with van der Waals surface area (Å²) >= 11 is 5.91. The maximum atomic E-state index is 12.1. The summed E-state index contributed by atoms with van der Waals surface area (Å²) in [6.07, 6.45) is 1.06. The van der Waals surface area contributed by atoms with Crippen LogP contribution in [0.25, 0.3) is 0 Å². The summed E-state index contributed by atoms with van der Waals surface area (Å²) in [6, 6.07) is 4.51. The van der Waals surface area contributed by atoms with Crippen molar-refractivity contribution < 1.29 is 9.59 Å². The van der Waals surface area contributed by atoms with E-state index in [4.69, 9.17) is 23.1 Å². The van der Waals surface area contributed by atoms with Gasteiger partial charge >= 0.3 is 0 Å². The van der Waals surface area contributed by atoms with E-state index in [2.05, 4.69) is 5.32 Å². The molecule has 0 aliphatic heterocycles. The maximum absolute atomic E-state index is 12.1. The van der Waals surface area contributed by atoms with Gasteiger partial charge in [0.2, 0.25) is 11.8 Å². The molecule has 5 N–H and O–H groups in total. The molecule has 0 bridgehead atoms. The number of benzene rings is 1. The Labute approximate surface area is 117 Å². The van der Waals surface area contributed by atoms with Gasteiger partial charge in [0, 0.05) is 5.69 Å². The van der Waals surface area contributed by atoms with Gasteiger partial charge in [-0.05, 0) is 31.0 Å². The molecule has 0 radical (unpaired) electrons. The minimum Gasteiger partial charge on any atom is -0.366 e. The summed E-state index contributed by atoms with van der Waals surface area (Å²) in [5, 5.41) is 2.89. The number of carbonyl (C=O) groups is 2. The first kappa shape index (κ1) is 15.5. The lowest BCUT2D eigenvalue weighted by Crippen LogP contribution is -2.50. The highest BCUT2D eigenvalue weighted by Crippen LogP contribution is 2.22. The zero-order valence-electron chi connectivity index (χ0n) is 11.0. The molecule has 0 saturated heterocycles. The van der Waals surface area contributed by atoms with Crippen LogP contribution < -0.4 is 16.8 Å². The molecule has 1 aromatic rings. The second kappa shape index (κ2) is 6.04. The van der Waals surface area contributed by atoms with Crippen LogP contribution in [0.4, 0.5) is 5.69 Å². The topological polar surface area (TPSA) is 98.2 Å². The first-order chi connectivity index (χ1) is 8.84. The summed E-state index contributed by atoms with van der Waals surface area (Å²) in [7, 11) is 0. The molecule has 0 spiro atoms. The third-order valence-electron chi connectivity index (χ3n) is 3.21. The molecule has 1 aromatic carbocycles. The summed E-state index contributed by atoms with van der Waals surface area (Å²) in [6.45, 7) is 3.71. The first-order valence-corrected chi connectivity index (χ1v) is 6.41. The Kier molecular flexibility index (Phi) is 4.91. The molecule has 0 aliphatic rings. The normalized spacial score (nSPS) is 11.2. The van der Waals surface area contributed by atoms with Gasteiger partial charge in [-0.1, -0.05) is 25.4 Å². The van der Waals surface area contributed by atoms with Crippen molar-refractivity contribution in [2.45, 2.75) is 32.2 Å². The molecule has 0 unspecified atom stereocenters. The first-order valence-electron chi connectivity index (χ1n) is 6.03. The van der Waals surface area contributed by atoms with Gasteiger partial charge < -0.3 is 16.8 Å². The van der Waals surface area contributed by atoms with Gasteiger partial charge in [0.05, 0.1) is 16.1 Å². The van der Waals surface area contributed by atoms with E-state index in [0.29, 0.717) is 18.5 Å². The van der Waals surface area contributed by atoms with Crippen LogP contribution in [0.2, 0.25) is 5.02 Å². The van der Waals surface area contributed by atoms with E-state index in [9.17, 15) is 9.59 Å². The van der Waals surface area contributed by atoms with Crippen molar-refractivity contribution in [1.82, 2.24) is 0 Å². The van der Waals surface area contributed by atoms with E-state index in [-0.39, 0.29) is 16.5 Å². The summed E-state index contributed by atoms with van der Waals surface area (Å²) in [5.74, 6) is -0.890. The minimum absolute atomic E-state index is 0.195. The van der Waals surface area contributed by atoms with Crippen LogP contribution >= 0.6 is 11.6 Å². The van der Waals surface area contributed by atoms with Crippen LogP contribution in [0, 0.1) is 0 Å². The largest absolute Gasteiger partial charge is 0.366 e. The van der Waals surface area contributed by atoms with Gasteiger partial charge in [-0.2, -0.15) is 0 Å². The summed E-state index contributed by atoms with van der Waals surface area (Å²) in [5.41, 5.74) is 10.9. The standard InChI is InChI=1S/C13H18ClN3O2/c1-3-13(16,4-2)12(19)17-8-5-6-9(11(15)18)10(14)7-8/h5-7H,3-4,16H2,1-2H3,(H2,15,18)(H,17,19). The van der Waals surface area contributed by atoms with Crippen molar-refractivity contribution in [3.63, 3.8) is 0 Å². The van der Waals surface area contributed by atoms with Gasteiger partial charge in [-0.15, -0.1) is 0 Å². The fourth-order valence-electron chi connectivity index (χ4n) is 1.62. The molecule has 0 saturated carbocycles. The highest BCUT2D eigenvalue weighted by molar-refractivity contribution is 6.34. The number of anilines is 1. The van der Waals surface area contributed by atoms with Crippen LogP contribution in [0.3, 0.4) is 0 Å². The zero-order valence-corrected chi connectivity index (χ0v) is 11.8. The Morgan fingerprint density at radius 1 is 1.32 bits per heavy atom. The second-order valence-electron chi connectivity index (χ2n) is 4.38. The number of amides is 2. The predicted molar refractivity (Wildman–Crippen MR) is 76.1 cm³/mol. The van der Waals surface area contributed by atoms with Gasteiger partial charge in [0.25, 0.3) is 0 Å². The van der Waals surface area contributed by atoms with E-state index >= 15 is 0 Å². The third-order valence-corrected chi connectivity index (χ3v) is 3.52. The molecule has 1 rings (SSSR count). The Bertz CT molecular complexity index is 499. The molecule has 19 heavy (non-hydrogen) atoms. The number of halogens is 1. The predicted octanol–water partition coefficient (Wildman–Crippen LogP) is 1.89. The lowest BCUT2D eigenvalue weighted by molar-refractivity contribution is -0.121. The number of nitrogens with two attached hydrogens (primary N) is 2. The van der Waals surface area contributed by atoms with E-state index in [1.165, 1.54) is 12.1 Å². The lowest BCUT2D eigenvalue weighted by Gasteiger charge is -2.25. The van der Waals surface area contributed by atoms with Crippen molar-refractivity contribution >= 4 is 29.1 Å². The van der Waals surface area contributed by atoms with Crippen LogP contribution in [0.15, 0.2) is 18.2 Å². The van der Waals surface area contributed by atoms with Crippen molar-refractivity contribution in [3.05, 3.63) is 28.8 Å². The summed E-state index contributed by atoms with van der Waals surface area (Å²) < 4.78 is 0. The third kappa shape index (κ3) is 3.45. The van der Waals surface area contributed by atoms with Gasteiger partial charge in [-0.25, -0.2) is 0 Å². The van der Waals surface area contributed by atoms with E-state index < -0.39 is 11.4 Å². The molecular weight excluding hydrogens is 266 g/mol. The van der Waals surface area contributed by atoms with Gasteiger partial charge in [0.1, 0.15) is 0 Å². The number of nitrogens with one attached hydrogen (secondary N) is 1. The number of primary amides is 1. The fourth-order valence-corrected chi connectivity index (χ4v) is 1.89. The number of hydrogen-bond donors (Lipinski definition) is 3. The molecule has 0 atom stereocenters. The summed E-state index contributed by atoms with van der Waals surface area (Å²) in [4.78, 5) is 23.1. The molecule has 0 fully saturated rings. The SMILES string of the molecule is CCC(N)(CC)C(=O)Nc1ccc(C(N)=O)c(Cl)c1. The van der Waals surface area contributed by atoms with Crippen molar-refractivity contribution in [2.24, 2.45) is 11.5 Å². The van der Waals surface area contributed by atoms with Gasteiger partial charge in [-0.3, -0.25) is 9.59 Å². The molecule has 104 valence electrons. The van der Waals surface area contributed by atoms with Crippen molar-refractivity contribution in [2.75, 3.05) is 5.32 Å². The zero-order chi connectivity index (χ0) is 14.6. The molecule has 5 nitrogen and oxygen atoms in total. The van der Waals surface area contributed by atoms with E-state index in [1.54, 1.807) is 6.07 Å². The smallest absolute Gasteiger partial charge is 0.250 e. The number of rotatable bonds is 5. The second-order valence-corrected chi connectivity index (χ2v) is 4.78. The van der Waals surface area contributed by atoms with Crippen LogP contribution in [-0.4, -0.2) is 17.4 Å². The molecule has 2 amide bonds. The van der Waals surface area contributed by atoms with Crippen molar-refractivity contribution in [1.29, 1.82) is 0 Å². The van der Waals surface area contributed by atoms with Gasteiger partial charge in [0.15, 0.2) is 0 Å². The fraction of sp³-hybridized carbons (Fsp3) is 0.385. The highest BCUT2D eigenvalue weighted by Gasteiger charge is 2.29. The Hall–Kier alpha value is -1.59. The quantitative estimate of drug-likeness (QED) is 0.769. The van der Waals surface area contributed by atoms with Crippen LogP contribution in [0.1, 0.15) is 37.0 Å². The maximum Gasteiger partial charge on any atom is 0.250 e. The number of carbonyl (C=O) groups excluding carboxylic acids is 2. The van der Waals surface area contributed by atoms with Crippen molar-refractivity contribution in [3.8, 4) is 0 Å². The Balaban J connectivity index is 2.92. The van der Waals surface area contributed by atoms with E-state index in [1.807, 2.05) is 13.8 Å². The molecule has 0 aromatic heterocycles. The minimum atomic E-state index is -0.908. The Morgan fingerprint density at radius 2 is 1.89 bits per heavy atom. The molecule has 6 heteroatoms. The molecular formula is C13H18ClN3O2. The van der Waals surface area contributed by atoms with Crippen LogP contribution in [0.5, 0.6) is 0 Å². The van der Waals surface area contributed by atoms with E-state index in [0.717, 1.165) is 0 Å². The average molecular weight is 284 g/mol.